The molecule has 0 amide bonds. The number of para-hydroxylation sites is 3. The Labute approximate surface area is 353 Å². The van der Waals surface area contributed by atoms with E-state index in [4.69, 9.17) is 15.0 Å². The molecule has 0 atom stereocenters. The third kappa shape index (κ3) is 6.29. The van der Waals surface area contributed by atoms with Crippen molar-refractivity contribution in [1.82, 2.24) is 24.1 Å². The normalized spacial score (nSPS) is 12.2. The molecule has 4 heterocycles. The molecule has 0 spiro atoms. The maximum Gasteiger partial charge on any atom is 2.00 e. The summed E-state index contributed by atoms with van der Waals surface area (Å²) in [5, 5.41) is 4.46. The fraction of sp³-hybridized carbons (Fsp3) is 0.154. The predicted octanol–water partition coefficient (Wildman–Crippen LogP) is 13.0. The van der Waals surface area contributed by atoms with Crippen LogP contribution in [-0.4, -0.2) is 19.1 Å². The molecule has 0 aliphatic heterocycles. The quantitative estimate of drug-likeness (QED) is 0.162. The van der Waals surface area contributed by atoms with Gasteiger partial charge in [0.25, 0.3) is 0 Å². The van der Waals surface area contributed by atoms with Gasteiger partial charge in [-0.1, -0.05) is 168 Å². The Bertz CT molecular complexity index is 3140. The minimum atomic E-state index is -0.142. The molecule has 58 heavy (non-hydrogen) atoms. The standard InChI is InChI=1S/C52H43N5.Pt/c1-51(2,3)36-25-28-45-42(32-36)41-26-27-43(53-49(41)57(45)50-40-22-14-13-21-39(40)47(55-50)33-17-9-7-10-18-33)34-29-35(31-37(30-34)52(4,5)6)48-54-44-23-15-16-24-46(44)56(48)38-19-11-8-12-20-38;/h7-28,30-32H,1-6H3;/q-2;+2. The molecule has 0 unspecified atom stereocenters. The molecule has 0 radical (unpaired) electrons. The van der Waals surface area contributed by atoms with E-state index >= 15 is 0 Å². The van der Waals surface area contributed by atoms with Crippen LogP contribution >= 0.6 is 0 Å². The second-order valence-corrected chi connectivity index (χ2v) is 17.1. The first-order valence-corrected chi connectivity index (χ1v) is 19.7. The zero-order chi connectivity index (χ0) is 39.1. The van der Waals surface area contributed by atoms with Crippen LogP contribution in [0.3, 0.4) is 0 Å². The molecule has 0 N–H and O–H groups in total. The SMILES string of the molecule is CC(C)(C)c1cc(-c2ccc3c4cc(C(C)(C)C)ccc4n(-c4[n-]c(-c5ccccc5)c5ccccc45)c3n2)[c-]c(-c2nc3ccccc3n2-c2ccccc2)c1.[Pt+2]. The smallest absolute Gasteiger partial charge is 0.434 e. The molecule has 6 aromatic carbocycles. The number of imidazole rings is 1. The van der Waals surface area contributed by atoms with Crippen LogP contribution in [0.25, 0.3) is 89.2 Å². The van der Waals surface area contributed by atoms with Crippen molar-refractivity contribution in [3.8, 4) is 45.4 Å². The average Bonchev–Trinajstić information content (AvgIpc) is 3.90. The van der Waals surface area contributed by atoms with Crippen molar-refractivity contribution in [2.45, 2.75) is 52.4 Å². The van der Waals surface area contributed by atoms with Crippen molar-refractivity contribution >= 4 is 43.7 Å². The van der Waals surface area contributed by atoms with E-state index in [2.05, 4.69) is 196 Å². The predicted molar refractivity (Wildman–Crippen MR) is 237 cm³/mol. The molecule has 0 aliphatic rings. The summed E-state index contributed by atoms with van der Waals surface area (Å²) in [6.45, 7) is 13.6. The summed E-state index contributed by atoms with van der Waals surface area (Å²) in [4.78, 5) is 16.3. The van der Waals surface area contributed by atoms with Gasteiger partial charge in [-0.2, -0.15) is 0 Å². The number of fused-ring (bicyclic) bond motifs is 5. The van der Waals surface area contributed by atoms with Gasteiger partial charge in [0.15, 0.2) is 0 Å². The minimum Gasteiger partial charge on any atom is -0.434 e. The molecular weight excluding hydrogens is 890 g/mol. The maximum atomic E-state index is 5.59. The van der Waals surface area contributed by atoms with Crippen LogP contribution in [0, 0.1) is 6.07 Å². The summed E-state index contributed by atoms with van der Waals surface area (Å²) >= 11 is 0. The summed E-state index contributed by atoms with van der Waals surface area (Å²) in [6, 6.07) is 57.4. The molecule has 6 heteroatoms. The Balaban J connectivity index is 0.00000436. The number of rotatable bonds is 5. The van der Waals surface area contributed by atoms with Gasteiger partial charge in [0.05, 0.1) is 22.5 Å². The molecule has 5 nitrogen and oxygen atoms in total. The Morgan fingerprint density at radius 2 is 1.17 bits per heavy atom. The fourth-order valence-electron chi connectivity index (χ4n) is 8.12. The Hall–Kier alpha value is -6.03. The van der Waals surface area contributed by atoms with E-state index in [1.807, 2.05) is 12.1 Å². The summed E-state index contributed by atoms with van der Waals surface area (Å²) in [6.07, 6.45) is 0. The molecule has 0 bridgehead atoms. The summed E-state index contributed by atoms with van der Waals surface area (Å²) in [5.41, 5.74) is 12.0. The molecule has 0 saturated carbocycles. The first kappa shape index (κ1) is 37.5. The zero-order valence-corrected chi connectivity index (χ0v) is 35.8. The Morgan fingerprint density at radius 1 is 0.517 bits per heavy atom. The van der Waals surface area contributed by atoms with E-state index in [0.717, 1.165) is 89.2 Å². The number of benzene rings is 6. The summed E-state index contributed by atoms with van der Waals surface area (Å²) < 4.78 is 4.52. The third-order valence-electron chi connectivity index (χ3n) is 11.2. The molecule has 0 fully saturated rings. The second-order valence-electron chi connectivity index (χ2n) is 17.1. The molecule has 10 rings (SSSR count). The maximum absolute atomic E-state index is 5.59. The van der Waals surface area contributed by atoms with Gasteiger partial charge in [0.2, 0.25) is 0 Å². The van der Waals surface area contributed by atoms with Crippen molar-refractivity contribution in [3.63, 3.8) is 0 Å². The van der Waals surface area contributed by atoms with E-state index in [9.17, 15) is 0 Å². The van der Waals surface area contributed by atoms with Gasteiger partial charge in [0, 0.05) is 16.8 Å². The average molecular weight is 933 g/mol. The van der Waals surface area contributed by atoms with E-state index < -0.39 is 0 Å². The van der Waals surface area contributed by atoms with Gasteiger partial charge in [0.1, 0.15) is 0 Å². The van der Waals surface area contributed by atoms with Crippen LogP contribution in [0.2, 0.25) is 0 Å². The molecule has 286 valence electrons. The molecule has 0 saturated heterocycles. The largest absolute Gasteiger partial charge is 2.00 e. The van der Waals surface area contributed by atoms with Crippen LogP contribution < -0.4 is 4.98 Å². The minimum absolute atomic E-state index is 0. The third-order valence-corrected chi connectivity index (χ3v) is 11.2. The van der Waals surface area contributed by atoms with Gasteiger partial charge in [-0.3, -0.25) is 9.97 Å². The van der Waals surface area contributed by atoms with Crippen molar-refractivity contribution < 1.29 is 21.1 Å². The Kier molecular flexibility index (Phi) is 9.13. The van der Waals surface area contributed by atoms with Gasteiger partial charge >= 0.3 is 21.1 Å². The van der Waals surface area contributed by atoms with Crippen molar-refractivity contribution in [1.29, 1.82) is 0 Å². The van der Waals surface area contributed by atoms with E-state index in [0.29, 0.717) is 0 Å². The van der Waals surface area contributed by atoms with Crippen molar-refractivity contribution in [2.24, 2.45) is 0 Å². The first-order valence-electron chi connectivity index (χ1n) is 19.7. The van der Waals surface area contributed by atoms with Crippen LogP contribution in [0.5, 0.6) is 0 Å². The van der Waals surface area contributed by atoms with Gasteiger partial charge in [-0.25, -0.2) is 0 Å². The fourth-order valence-corrected chi connectivity index (χ4v) is 8.12. The monoisotopic (exact) mass is 932 g/mol. The van der Waals surface area contributed by atoms with Crippen molar-refractivity contribution in [2.75, 3.05) is 0 Å². The van der Waals surface area contributed by atoms with Crippen molar-refractivity contribution in [3.05, 3.63) is 169 Å². The number of nitrogens with zero attached hydrogens (tertiary/aromatic N) is 5. The van der Waals surface area contributed by atoms with Crippen LogP contribution in [-0.2, 0) is 31.9 Å². The van der Waals surface area contributed by atoms with Gasteiger partial charge in [-0.05, 0) is 79.4 Å². The molecular formula is C52H43N5Pt. The molecule has 0 aliphatic carbocycles. The zero-order valence-electron chi connectivity index (χ0n) is 33.5. The Morgan fingerprint density at radius 3 is 1.91 bits per heavy atom. The van der Waals surface area contributed by atoms with E-state index in [1.165, 1.54) is 11.1 Å². The van der Waals surface area contributed by atoms with E-state index in [-0.39, 0.29) is 31.9 Å². The van der Waals surface area contributed by atoms with E-state index in [1.54, 1.807) is 0 Å². The summed E-state index contributed by atoms with van der Waals surface area (Å²) in [5.74, 6) is 1.72. The van der Waals surface area contributed by atoms with Crippen LogP contribution in [0.15, 0.2) is 152 Å². The number of pyridine rings is 1. The van der Waals surface area contributed by atoms with Crippen LogP contribution in [0.4, 0.5) is 0 Å². The van der Waals surface area contributed by atoms with Gasteiger partial charge in [-0.15, -0.1) is 23.8 Å². The van der Waals surface area contributed by atoms with Gasteiger partial charge < -0.3 is 14.1 Å². The first-order chi connectivity index (χ1) is 27.5. The number of hydrogen-bond donors (Lipinski definition) is 0. The van der Waals surface area contributed by atoms with Crippen LogP contribution in [0.1, 0.15) is 52.7 Å². The number of aromatic nitrogens is 5. The summed E-state index contributed by atoms with van der Waals surface area (Å²) in [7, 11) is 0. The molecule has 4 aromatic heterocycles. The second kappa shape index (κ2) is 14.1. The molecule has 10 aromatic rings. The topological polar surface area (TPSA) is 49.7 Å². The number of hydrogen-bond acceptors (Lipinski definition) is 2.